The van der Waals surface area contributed by atoms with Crippen molar-refractivity contribution in [2.24, 2.45) is 7.05 Å². The van der Waals surface area contributed by atoms with Gasteiger partial charge in [0.15, 0.2) is 11.5 Å². The maximum absolute atomic E-state index is 12.4. The highest BCUT2D eigenvalue weighted by molar-refractivity contribution is 6.33. The molecule has 0 spiro atoms. The quantitative estimate of drug-likeness (QED) is 0.720. The van der Waals surface area contributed by atoms with Gasteiger partial charge in [0, 0.05) is 12.7 Å². The van der Waals surface area contributed by atoms with Gasteiger partial charge in [-0.2, -0.15) is 5.10 Å². The van der Waals surface area contributed by atoms with Gasteiger partial charge in [-0.3, -0.25) is 9.48 Å². The smallest absolute Gasteiger partial charge is 0.260 e. The van der Waals surface area contributed by atoms with Crippen molar-refractivity contribution in [3.8, 4) is 17.2 Å². The molecule has 26 heavy (non-hydrogen) atoms. The lowest BCUT2D eigenvalue weighted by atomic mass is 10.2. The van der Waals surface area contributed by atoms with Crippen LogP contribution in [0.25, 0.3) is 0 Å². The van der Waals surface area contributed by atoms with E-state index in [0.29, 0.717) is 39.3 Å². The number of ether oxygens (including phenoxy) is 2. The number of methoxy groups -OCH3 is 1. The van der Waals surface area contributed by atoms with Gasteiger partial charge >= 0.3 is 0 Å². The number of hydrogen-bond donors (Lipinski definition) is 1. The molecule has 3 rings (SSSR count). The maximum atomic E-state index is 12.4. The molecule has 1 heterocycles. The fraction of sp³-hybridized carbons (Fsp3) is 0.158. The molecule has 1 N–H and O–H groups in total. The number of nitrogens with one attached hydrogen (secondary N) is 1. The highest BCUT2D eigenvalue weighted by atomic mass is 35.5. The van der Waals surface area contributed by atoms with Crippen LogP contribution in [-0.4, -0.2) is 22.8 Å². The number of hydrogen-bond acceptors (Lipinski definition) is 4. The van der Waals surface area contributed by atoms with E-state index >= 15 is 0 Å². The second-order valence-corrected chi connectivity index (χ2v) is 5.96. The van der Waals surface area contributed by atoms with E-state index in [1.807, 2.05) is 24.3 Å². The molecule has 0 saturated heterocycles. The number of benzene rings is 2. The molecule has 2 aromatic carbocycles. The molecule has 6 nitrogen and oxygen atoms in total. The summed E-state index contributed by atoms with van der Waals surface area (Å²) < 4.78 is 12.5. The third-order valence-corrected chi connectivity index (χ3v) is 4.22. The largest absolute Gasteiger partial charge is 0.493 e. The van der Waals surface area contributed by atoms with Crippen LogP contribution in [-0.2, 0) is 7.05 Å². The Kier molecular flexibility index (Phi) is 5.14. The summed E-state index contributed by atoms with van der Waals surface area (Å²) in [6, 6.07) is 14.4. The molecule has 7 heteroatoms. The van der Waals surface area contributed by atoms with Crippen LogP contribution in [0.2, 0.25) is 5.15 Å². The average molecular weight is 372 g/mol. The number of carbonyl (C=O) groups is 1. The van der Waals surface area contributed by atoms with Crippen molar-refractivity contribution in [2.45, 2.75) is 6.92 Å². The molecule has 0 aliphatic heterocycles. The first kappa shape index (κ1) is 17.8. The molecule has 0 bridgehead atoms. The molecule has 0 fully saturated rings. The van der Waals surface area contributed by atoms with Gasteiger partial charge in [-0.15, -0.1) is 0 Å². The summed E-state index contributed by atoms with van der Waals surface area (Å²) in [6.07, 6.45) is 0. The van der Waals surface area contributed by atoms with Crippen LogP contribution in [0, 0.1) is 6.92 Å². The van der Waals surface area contributed by atoms with Crippen molar-refractivity contribution < 1.29 is 14.3 Å². The second-order valence-electron chi connectivity index (χ2n) is 5.61. The number of amides is 1. The predicted octanol–water partition coefficient (Wildman–Crippen LogP) is 4.44. The predicted molar refractivity (Wildman–Crippen MR) is 100 cm³/mol. The van der Waals surface area contributed by atoms with Crippen LogP contribution in [0.1, 0.15) is 16.1 Å². The highest BCUT2D eigenvalue weighted by Crippen LogP contribution is 2.31. The molecular formula is C19H18ClN3O3. The van der Waals surface area contributed by atoms with Gasteiger partial charge < -0.3 is 14.8 Å². The first-order valence-corrected chi connectivity index (χ1v) is 8.28. The minimum Gasteiger partial charge on any atom is -0.493 e. The third-order valence-electron chi connectivity index (χ3n) is 3.79. The maximum Gasteiger partial charge on any atom is 0.260 e. The van der Waals surface area contributed by atoms with Gasteiger partial charge in [-0.25, -0.2) is 0 Å². The Balaban J connectivity index is 1.72. The summed E-state index contributed by atoms with van der Waals surface area (Å²) in [6.45, 7) is 1.74. The Bertz CT molecular complexity index is 936. The normalized spacial score (nSPS) is 10.5. The number of rotatable bonds is 5. The standard InChI is InChI=1S/C19H18ClN3O3/c1-12-17(18(20)23(2)22-12)19(24)21-13-8-10-14(11-9-13)26-16-7-5-4-6-15(16)25-3/h4-11H,1-3H3,(H,21,24). The zero-order valence-corrected chi connectivity index (χ0v) is 15.4. The molecule has 0 radical (unpaired) electrons. The number of nitrogens with zero attached hydrogens (tertiary/aromatic N) is 2. The van der Waals surface area contributed by atoms with Crippen molar-refractivity contribution in [3.63, 3.8) is 0 Å². The number of anilines is 1. The van der Waals surface area contributed by atoms with E-state index in [9.17, 15) is 4.79 Å². The summed E-state index contributed by atoms with van der Waals surface area (Å²) in [5.74, 6) is 1.58. The first-order chi connectivity index (χ1) is 12.5. The topological polar surface area (TPSA) is 65.4 Å². The van der Waals surface area contributed by atoms with E-state index in [0.717, 1.165) is 0 Å². The highest BCUT2D eigenvalue weighted by Gasteiger charge is 2.19. The van der Waals surface area contributed by atoms with Crippen molar-refractivity contribution >= 4 is 23.2 Å². The lowest BCUT2D eigenvalue weighted by Gasteiger charge is -2.11. The Morgan fingerprint density at radius 1 is 1.12 bits per heavy atom. The Morgan fingerprint density at radius 2 is 1.77 bits per heavy atom. The Morgan fingerprint density at radius 3 is 2.35 bits per heavy atom. The molecule has 1 aromatic heterocycles. The zero-order chi connectivity index (χ0) is 18.7. The fourth-order valence-electron chi connectivity index (χ4n) is 2.52. The van der Waals surface area contributed by atoms with E-state index < -0.39 is 0 Å². The van der Waals surface area contributed by atoms with Crippen LogP contribution in [0.15, 0.2) is 48.5 Å². The van der Waals surface area contributed by atoms with E-state index in [1.54, 1.807) is 45.3 Å². The van der Waals surface area contributed by atoms with E-state index in [2.05, 4.69) is 10.4 Å². The van der Waals surface area contributed by atoms with Crippen molar-refractivity contribution in [1.82, 2.24) is 9.78 Å². The van der Waals surface area contributed by atoms with E-state index in [1.165, 1.54) is 4.68 Å². The van der Waals surface area contributed by atoms with Crippen LogP contribution < -0.4 is 14.8 Å². The summed E-state index contributed by atoms with van der Waals surface area (Å²) >= 11 is 6.13. The van der Waals surface area contributed by atoms with Gasteiger partial charge in [0.1, 0.15) is 10.9 Å². The van der Waals surface area contributed by atoms with Crippen LogP contribution in [0.3, 0.4) is 0 Å². The molecule has 0 aliphatic carbocycles. The molecule has 0 unspecified atom stereocenters. The van der Waals surface area contributed by atoms with Crippen molar-refractivity contribution in [3.05, 3.63) is 64.9 Å². The minimum absolute atomic E-state index is 0.302. The average Bonchev–Trinajstić information content (AvgIpc) is 2.89. The Labute approximate surface area is 156 Å². The van der Waals surface area contributed by atoms with Crippen LogP contribution in [0.5, 0.6) is 17.2 Å². The van der Waals surface area contributed by atoms with E-state index in [-0.39, 0.29) is 5.91 Å². The molecule has 0 saturated carbocycles. The molecule has 0 aliphatic rings. The lowest BCUT2D eigenvalue weighted by molar-refractivity contribution is 0.102. The van der Waals surface area contributed by atoms with Crippen LogP contribution >= 0.6 is 11.6 Å². The van der Waals surface area contributed by atoms with Gasteiger partial charge in [-0.05, 0) is 43.3 Å². The zero-order valence-electron chi connectivity index (χ0n) is 14.6. The Hall–Kier alpha value is -2.99. The SMILES string of the molecule is COc1ccccc1Oc1ccc(NC(=O)c2c(C)nn(C)c2Cl)cc1. The second kappa shape index (κ2) is 7.49. The third kappa shape index (κ3) is 3.65. The number of aryl methyl sites for hydroxylation is 2. The lowest BCUT2D eigenvalue weighted by Crippen LogP contribution is -2.13. The van der Waals surface area contributed by atoms with E-state index in [4.69, 9.17) is 21.1 Å². The number of carbonyl (C=O) groups excluding carboxylic acids is 1. The number of aromatic nitrogens is 2. The summed E-state index contributed by atoms with van der Waals surface area (Å²) in [5, 5.41) is 7.25. The summed E-state index contributed by atoms with van der Waals surface area (Å²) in [7, 11) is 3.28. The molecule has 0 atom stereocenters. The molecule has 1 amide bonds. The summed E-state index contributed by atoms with van der Waals surface area (Å²) in [5.41, 5.74) is 1.57. The van der Waals surface area contributed by atoms with Crippen molar-refractivity contribution in [2.75, 3.05) is 12.4 Å². The summed E-state index contributed by atoms with van der Waals surface area (Å²) in [4.78, 5) is 12.4. The molecular weight excluding hydrogens is 354 g/mol. The van der Waals surface area contributed by atoms with Gasteiger partial charge in [0.2, 0.25) is 0 Å². The first-order valence-electron chi connectivity index (χ1n) is 7.91. The molecule has 134 valence electrons. The number of para-hydroxylation sites is 2. The van der Waals surface area contributed by atoms with Gasteiger partial charge in [0.25, 0.3) is 5.91 Å². The van der Waals surface area contributed by atoms with Crippen molar-refractivity contribution in [1.29, 1.82) is 0 Å². The molecule has 3 aromatic rings. The fourth-order valence-corrected chi connectivity index (χ4v) is 2.78. The monoisotopic (exact) mass is 371 g/mol. The van der Waals surface area contributed by atoms with Crippen LogP contribution in [0.4, 0.5) is 5.69 Å². The minimum atomic E-state index is -0.306. The van der Waals surface area contributed by atoms with Gasteiger partial charge in [0.05, 0.1) is 18.4 Å². The number of halogens is 1. The van der Waals surface area contributed by atoms with Gasteiger partial charge in [-0.1, -0.05) is 23.7 Å².